The molecule has 1 aromatic rings. The van der Waals surface area contributed by atoms with E-state index in [9.17, 15) is 14.4 Å². The Labute approximate surface area is 170 Å². The highest BCUT2D eigenvalue weighted by molar-refractivity contribution is 5.92. The molecule has 3 unspecified atom stereocenters. The second kappa shape index (κ2) is 9.73. The number of esters is 2. The number of carbonyl (C=O) groups is 3. The molecule has 1 saturated heterocycles. The van der Waals surface area contributed by atoms with Crippen LogP contribution in [-0.2, 0) is 19.0 Å². The Morgan fingerprint density at radius 1 is 1.10 bits per heavy atom. The van der Waals surface area contributed by atoms with E-state index in [-0.39, 0.29) is 24.5 Å². The van der Waals surface area contributed by atoms with Crippen LogP contribution in [0.1, 0.15) is 37.0 Å². The molecule has 0 spiro atoms. The fourth-order valence-electron chi connectivity index (χ4n) is 4.31. The molecule has 1 aliphatic heterocycles. The van der Waals surface area contributed by atoms with Crippen LogP contribution in [-0.4, -0.2) is 61.9 Å². The van der Waals surface area contributed by atoms with E-state index in [1.165, 1.54) is 0 Å². The van der Waals surface area contributed by atoms with Crippen LogP contribution in [0.2, 0.25) is 0 Å². The van der Waals surface area contributed by atoms with Crippen molar-refractivity contribution in [2.75, 3.05) is 38.2 Å². The zero-order chi connectivity index (χ0) is 20.8. The third-order valence-electron chi connectivity index (χ3n) is 5.54. The summed E-state index contributed by atoms with van der Waals surface area (Å²) in [4.78, 5) is 37.9. The Morgan fingerprint density at radius 2 is 1.90 bits per heavy atom. The number of ether oxygens (including phenoxy) is 3. The van der Waals surface area contributed by atoms with Gasteiger partial charge < -0.3 is 14.2 Å². The van der Waals surface area contributed by atoms with Gasteiger partial charge in [-0.1, -0.05) is 6.07 Å². The van der Waals surface area contributed by atoms with Gasteiger partial charge in [-0.2, -0.15) is 0 Å². The maximum Gasteiger partial charge on any atom is 0.411 e. The van der Waals surface area contributed by atoms with Crippen molar-refractivity contribution < 1.29 is 28.6 Å². The van der Waals surface area contributed by atoms with Crippen LogP contribution >= 0.6 is 0 Å². The van der Waals surface area contributed by atoms with Gasteiger partial charge in [-0.3, -0.25) is 15.0 Å². The highest BCUT2D eigenvalue weighted by Crippen LogP contribution is 2.42. The molecule has 0 radical (unpaired) electrons. The van der Waals surface area contributed by atoms with Crippen molar-refractivity contribution in [2.24, 2.45) is 11.8 Å². The Bertz CT molecular complexity index is 752. The first-order chi connectivity index (χ1) is 14.0. The average molecular weight is 404 g/mol. The van der Waals surface area contributed by atoms with Gasteiger partial charge in [0.15, 0.2) is 0 Å². The first-order valence-electron chi connectivity index (χ1n) is 10.1. The molecular formula is C21H28N2O6. The number of nitrogens with zero attached hydrogens (tertiary/aromatic N) is 1. The molecule has 0 aromatic heterocycles. The minimum absolute atomic E-state index is 0.209. The van der Waals surface area contributed by atoms with Gasteiger partial charge in [-0.25, -0.2) is 9.59 Å². The van der Waals surface area contributed by atoms with Crippen LogP contribution in [0.25, 0.3) is 0 Å². The normalized spacial score (nSPS) is 22.9. The first kappa shape index (κ1) is 21.1. The topological polar surface area (TPSA) is 94.2 Å². The number of benzene rings is 1. The Morgan fingerprint density at radius 3 is 2.66 bits per heavy atom. The van der Waals surface area contributed by atoms with Gasteiger partial charge >= 0.3 is 18.0 Å². The summed E-state index contributed by atoms with van der Waals surface area (Å²) in [5, 5.41) is 2.66. The van der Waals surface area contributed by atoms with E-state index in [2.05, 4.69) is 10.2 Å². The van der Waals surface area contributed by atoms with E-state index in [1.54, 1.807) is 38.1 Å². The number of fused-ring (bicyclic) bond motifs is 2. The highest BCUT2D eigenvalue weighted by atomic mass is 16.6. The number of nitrogens with one attached hydrogen (secondary N) is 1. The first-order valence-corrected chi connectivity index (χ1v) is 10.1. The zero-order valence-electron chi connectivity index (χ0n) is 16.9. The lowest BCUT2D eigenvalue weighted by Crippen LogP contribution is -2.38. The summed E-state index contributed by atoms with van der Waals surface area (Å²) in [6, 6.07) is 6.78. The minimum Gasteiger partial charge on any atom is -0.465 e. The summed E-state index contributed by atoms with van der Waals surface area (Å²) >= 11 is 0. The highest BCUT2D eigenvalue weighted by Gasteiger charge is 2.47. The van der Waals surface area contributed by atoms with Crippen LogP contribution in [0, 0.1) is 11.8 Å². The maximum atomic E-state index is 12.2. The number of carbonyl (C=O) groups excluding carboxylic acids is 3. The molecule has 2 aliphatic rings. The zero-order valence-corrected chi connectivity index (χ0v) is 16.9. The second-order valence-electron chi connectivity index (χ2n) is 7.33. The molecule has 1 aromatic carbocycles. The van der Waals surface area contributed by atoms with Crippen molar-refractivity contribution in [1.29, 1.82) is 0 Å². The van der Waals surface area contributed by atoms with Gasteiger partial charge in [-0.05, 0) is 50.8 Å². The largest absolute Gasteiger partial charge is 0.465 e. The predicted octanol–water partition coefficient (Wildman–Crippen LogP) is 2.69. The van der Waals surface area contributed by atoms with Crippen LogP contribution in [0.5, 0.6) is 0 Å². The molecule has 158 valence electrons. The number of piperidine rings is 1. The van der Waals surface area contributed by atoms with E-state index >= 15 is 0 Å². The van der Waals surface area contributed by atoms with Crippen molar-refractivity contribution in [3.63, 3.8) is 0 Å². The van der Waals surface area contributed by atoms with Gasteiger partial charge in [-0.15, -0.1) is 0 Å². The third kappa shape index (κ3) is 5.26. The Hall–Kier alpha value is -2.61. The number of rotatable bonds is 8. The van der Waals surface area contributed by atoms with Crippen molar-refractivity contribution in [2.45, 2.75) is 32.7 Å². The lowest BCUT2D eigenvalue weighted by molar-refractivity contribution is -0.144. The van der Waals surface area contributed by atoms with E-state index in [0.29, 0.717) is 36.9 Å². The SMILES string of the molecule is CCOC(=O)CN1CC2CCC1C2COC(=O)Nc1cccc(C(=O)OCC)c1. The number of hydrogen-bond acceptors (Lipinski definition) is 7. The molecule has 1 saturated carbocycles. The van der Waals surface area contributed by atoms with Crippen molar-refractivity contribution in [1.82, 2.24) is 4.90 Å². The van der Waals surface area contributed by atoms with Crippen LogP contribution in [0.15, 0.2) is 24.3 Å². The summed E-state index contributed by atoms with van der Waals surface area (Å²) in [6.07, 6.45) is 1.52. The molecular weight excluding hydrogens is 376 g/mol. The molecule has 8 nitrogen and oxygen atoms in total. The van der Waals surface area contributed by atoms with Crippen molar-refractivity contribution in [3.05, 3.63) is 29.8 Å². The number of likely N-dealkylation sites (tertiary alicyclic amines) is 1. The molecule has 29 heavy (non-hydrogen) atoms. The smallest absolute Gasteiger partial charge is 0.411 e. The van der Waals surface area contributed by atoms with Crippen LogP contribution in [0.4, 0.5) is 10.5 Å². The summed E-state index contributed by atoms with van der Waals surface area (Å²) in [5.74, 6) is 0.00286. The molecule has 2 bridgehead atoms. The molecule has 1 heterocycles. The standard InChI is InChI=1S/C21H28N2O6/c1-3-27-19(24)12-23-11-15-8-9-18(23)17(15)13-29-21(26)22-16-7-5-6-14(10-16)20(25)28-4-2/h5-7,10,15,17-18H,3-4,8-9,11-13H2,1-2H3,(H,22,26). The monoisotopic (exact) mass is 404 g/mol. The minimum atomic E-state index is -0.561. The Balaban J connectivity index is 1.49. The molecule has 3 rings (SSSR count). The molecule has 2 fully saturated rings. The van der Waals surface area contributed by atoms with Gasteiger partial charge in [0.05, 0.1) is 31.9 Å². The molecule has 3 atom stereocenters. The van der Waals surface area contributed by atoms with Gasteiger partial charge in [0, 0.05) is 24.2 Å². The Kier molecular flexibility index (Phi) is 7.09. The maximum absolute atomic E-state index is 12.2. The molecule has 1 N–H and O–H groups in total. The second-order valence-corrected chi connectivity index (χ2v) is 7.33. The van der Waals surface area contributed by atoms with Crippen LogP contribution in [0.3, 0.4) is 0 Å². The van der Waals surface area contributed by atoms with Crippen molar-refractivity contribution in [3.8, 4) is 0 Å². The quantitative estimate of drug-likeness (QED) is 0.526. The summed E-state index contributed by atoms with van der Waals surface area (Å²) in [6.45, 7) is 5.63. The molecule has 1 aliphatic carbocycles. The van der Waals surface area contributed by atoms with Crippen LogP contribution < -0.4 is 5.32 Å². The summed E-state index contributed by atoms with van der Waals surface area (Å²) in [5.41, 5.74) is 0.840. The lowest BCUT2D eigenvalue weighted by atomic mass is 9.99. The lowest BCUT2D eigenvalue weighted by Gasteiger charge is -2.26. The van der Waals surface area contributed by atoms with Gasteiger partial charge in [0.25, 0.3) is 0 Å². The summed E-state index contributed by atoms with van der Waals surface area (Å²) in [7, 11) is 0. The predicted molar refractivity (Wildman–Crippen MR) is 106 cm³/mol. The van der Waals surface area contributed by atoms with Gasteiger partial charge in [0.2, 0.25) is 0 Å². The van der Waals surface area contributed by atoms with E-state index in [4.69, 9.17) is 14.2 Å². The molecule has 1 amide bonds. The van der Waals surface area contributed by atoms with E-state index < -0.39 is 12.1 Å². The number of anilines is 1. The van der Waals surface area contributed by atoms with Crippen molar-refractivity contribution >= 4 is 23.7 Å². The fraction of sp³-hybridized carbons (Fsp3) is 0.571. The third-order valence-corrected chi connectivity index (χ3v) is 5.54. The van der Waals surface area contributed by atoms with E-state index in [0.717, 1.165) is 19.4 Å². The van der Waals surface area contributed by atoms with E-state index in [1.807, 2.05) is 0 Å². The number of hydrogen-bond donors (Lipinski definition) is 1. The summed E-state index contributed by atoms with van der Waals surface area (Å²) < 4.78 is 15.5. The van der Waals surface area contributed by atoms with Gasteiger partial charge in [0.1, 0.15) is 0 Å². The molecule has 8 heteroatoms. The average Bonchev–Trinajstić information content (AvgIpc) is 3.23. The fourth-order valence-corrected chi connectivity index (χ4v) is 4.31. The number of amides is 1.